The second-order valence-electron chi connectivity index (χ2n) is 5.78. The van der Waals surface area contributed by atoms with Crippen LogP contribution in [0.1, 0.15) is 23.3 Å². The third-order valence-electron chi connectivity index (χ3n) is 4.35. The summed E-state index contributed by atoms with van der Waals surface area (Å²) in [5.74, 6) is 1.41. The largest absolute Gasteiger partial charge is 0.454 e. The number of benzene rings is 1. The van der Waals surface area contributed by atoms with E-state index in [2.05, 4.69) is 15.2 Å². The fraction of sp³-hybridized carbons (Fsp3) is 0.438. The van der Waals surface area contributed by atoms with Gasteiger partial charge >= 0.3 is 0 Å². The number of nitrogens with zero attached hydrogens (tertiary/aromatic N) is 4. The second-order valence-corrected chi connectivity index (χ2v) is 5.78. The number of carbonyl (C=O) groups excluding carboxylic acids is 1. The summed E-state index contributed by atoms with van der Waals surface area (Å²) in [6, 6.07) is 5.63. The standard InChI is InChI=1S/C16H18N4O3/c21-10-13-16(12-3-4-14-15(9-12)23-11-22-14)20(18-17-13)8-7-19-5-1-2-6-19/h3-4,9-10H,1-2,5-8,11H2. The Labute approximate surface area is 133 Å². The van der Waals surface area contributed by atoms with Crippen LogP contribution in [0.4, 0.5) is 0 Å². The molecule has 120 valence electrons. The van der Waals surface area contributed by atoms with Crippen LogP contribution in [0, 0.1) is 0 Å². The normalized spacial score (nSPS) is 16.9. The van der Waals surface area contributed by atoms with Gasteiger partial charge in [0.25, 0.3) is 0 Å². The van der Waals surface area contributed by atoms with Crippen LogP contribution >= 0.6 is 0 Å². The molecule has 3 heterocycles. The highest BCUT2D eigenvalue weighted by atomic mass is 16.7. The van der Waals surface area contributed by atoms with Gasteiger partial charge in [0.15, 0.2) is 23.5 Å². The maximum atomic E-state index is 11.3. The first-order valence-electron chi connectivity index (χ1n) is 7.86. The smallest absolute Gasteiger partial charge is 0.231 e. The van der Waals surface area contributed by atoms with E-state index in [4.69, 9.17) is 9.47 Å². The maximum absolute atomic E-state index is 11.3. The van der Waals surface area contributed by atoms with Crippen LogP contribution in [0.3, 0.4) is 0 Å². The highest BCUT2D eigenvalue weighted by Crippen LogP contribution is 2.36. The number of hydrogen-bond acceptors (Lipinski definition) is 6. The van der Waals surface area contributed by atoms with Crippen molar-refractivity contribution in [3.63, 3.8) is 0 Å². The molecular formula is C16H18N4O3. The van der Waals surface area contributed by atoms with Gasteiger partial charge in [-0.1, -0.05) is 5.21 Å². The summed E-state index contributed by atoms with van der Waals surface area (Å²) < 4.78 is 12.6. The molecule has 23 heavy (non-hydrogen) atoms. The summed E-state index contributed by atoms with van der Waals surface area (Å²) in [5, 5.41) is 8.16. The molecule has 0 unspecified atom stereocenters. The SMILES string of the molecule is O=Cc1nnn(CCN2CCCC2)c1-c1ccc2c(c1)OCO2. The second kappa shape index (κ2) is 6.00. The molecule has 0 amide bonds. The van der Waals surface area contributed by atoms with Gasteiger partial charge in [0.05, 0.1) is 12.2 Å². The Morgan fingerprint density at radius 2 is 1.96 bits per heavy atom. The highest BCUT2D eigenvalue weighted by molar-refractivity contribution is 5.83. The van der Waals surface area contributed by atoms with Crippen molar-refractivity contribution < 1.29 is 14.3 Å². The van der Waals surface area contributed by atoms with Crippen molar-refractivity contribution in [2.45, 2.75) is 19.4 Å². The molecule has 1 saturated heterocycles. The predicted molar refractivity (Wildman–Crippen MR) is 82.6 cm³/mol. The lowest BCUT2D eigenvalue weighted by Gasteiger charge is -2.15. The van der Waals surface area contributed by atoms with Gasteiger partial charge in [-0.2, -0.15) is 0 Å². The number of likely N-dealkylation sites (tertiary alicyclic amines) is 1. The molecule has 4 rings (SSSR count). The Balaban J connectivity index is 1.63. The molecule has 7 nitrogen and oxygen atoms in total. The van der Waals surface area contributed by atoms with Gasteiger partial charge in [-0.3, -0.25) is 4.79 Å². The molecule has 0 N–H and O–H groups in total. The van der Waals surface area contributed by atoms with Crippen LogP contribution in [0.15, 0.2) is 18.2 Å². The monoisotopic (exact) mass is 314 g/mol. The van der Waals surface area contributed by atoms with E-state index >= 15 is 0 Å². The molecule has 0 saturated carbocycles. The Hall–Kier alpha value is -2.41. The van der Waals surface area contributed by atoms with Gasteiger partial charge in [0.2, 0.25) is 6.79 Å². The van der Waals surface area contributed by atoms with Crippen LogP contribution in [0.5, 0.6) is 11.5 Å². The van der Waals surface area contributed by atoms with Crippen molar-refractivity contribution in [2.24, 2.45) is 0 Å². The first kappa shape index (κ1) is 14.2. The van der Waals surface area contributed by atoms with Crippen LogP contribution in [-0.2, 0) is 6.54 Å². The van der Waals surface area contributed by atoms with Gasteiger partial charge in [-0.05, 0) is 44.1 Å². The topological polar surface area (TPSA) is 69.5 Å². The zero-order chi connectivity index (χ0) is 15.6. The zero-order valence-electron chi connectivity index (χ0n) is 12.8. The lowest BCUT2D eigenvalue weighted by Crippen LogP contribution is -2.24. The molecule has 1 fully saturated rings. The van der Waals surface area contributed by atoms with E-state index in [1.54, 1.807) is 4.68 Å². The van der Waals surface area contributed by atoms with Crippen molar-refractivity contribution in [1.29, 1.82) is 0 Å². The lowest BCUT2D eigenvalue weighted by molar-refractivity contribution is 0.111. The molecule has 2 aliphatic heterocycles. The summed E-state index contributed by atoms with van der Waals surface area (Å²) in [7, 11) is 0. The van der Waals surface area contributed by atoms with E-state index in [-0.39, 0.29) is 6.79 Å². The van der Waals surface area contributed by atoms with Crippen molar-refractivity contribution in [3.05, 3.63) is 23.9 Å². The Bertz CT molecular complexity index is 722. The third-order valence-corrected chi connectivity index (χ3v) is 4.35. The fourth-order valence-corrected chi connectivity index (χ4v) is 3.15. The zero-order valence-corrected chi connectivity index (χ0v) is 12.8. The number of hydrogen-bond donors (Lipinski definition) is 0. The van der Waals surface area contributed by atoms with Gasteiger partial charge in [-0.25, -0.2) is 4.68 Å². The minimum atomic E-state index is 0.228. The molecule has 2 aliphatic rings. The predicted octanol–water partition coefficient (Wildman–Crippen LogP) is 1.58. The van der Waals surface area contributed by atoms with E-state index in [9.17, 15) is 4.79 Å². The van der Waals surface area contributed by atoms with Crippen LogP contribution < -0.4 is 9.47 Å². The molecule has 0 bridgehead atoms. The molecule has 1 aromatic heterocycles. The van der Waals surface area contributed by atoms with Gasteiger partial charge < -0.3 is 14.4 Å². The molecule has 2 aromatic rings. The van der Waals surface area contributed by atoms with Crippen LogP contribution in [0.25, 0.3) is 11.3 Å². The number of aromatic nitrogens is 3. The Morgan fingerprint density at radius 3 is 2.78 bits per heavy atom. The molecule has 0 atom stereocenters. The number of carbonyl (C=O) groups is 1. The van der Waals surface area contributed by atoms with E-state index in [1.807, 2.05) is 18.2 Å². The average Bonchev–Trinajstić information content (AvgIpc) is 3.31. The molecule has 0 spiro atoms. The molecule has 1 aromatic carbocycles. The first-order valence-corrected chi connectivity index (χ1v) is 7.86. The van der Waals surface area contributed by atoms with Crippen LogP contribution in [-0.4, -0.2) is 52.6 Å². The summed E-state index contributed by atoms with van der Waals surface area (Å²) in [5.41, 5.74) is 1.95. The van der Waals surface area contributed by atoms with E-state index in [0.717, 1.165) is 42.9 Å². The van der Waals surface area contributed by atoms with Crippen molar-refractivity contribution in [3.8, 4) is 22.8 Å². The van der Waals surface area contributed by atoms with Gasteiger partial charge in [0, 0.05) is 12.1 Å². The van der Waals surface area contributed by atoms with Crippen molar-refractivity contribution in [1.82, 2.24) is 19.9 Å². The number of fused-ring (bicyclic) bond motifs is 1. The highest BCUT2D eigenvalue weighted by Gasteiger charge is 2.20. The molecule has 0 radical (unpaired) electrons. The first-order chi connectivity index (χ1) is 11.3. The number of ether oxygens (including phenoxy) is 2. The minimum Gasteiger partial charge on any atom is -0.454 e. The Morgan fingerprint density at radius 1 is 1.13 bits per heavy atom. The van der Waals surface area contributed by atoms with Crippen molar-refractivity contribution in [2.75, 3.05) is 26.4 Å². The van der Waals surface area contributed by atoms with Gasteiger partial charge in [-0.15, -0.1) is 5.10 Å². The summed E-state index contributed by atoms with van der Waals surface area (Å²) in [4.78, 5) is 13.7. The lowest BCUT2D eigenvalue weighted by atomic mass is 10.1. The average molecular weight is 314 g/mol. The summed E-state index contributed by atoms with van der Waals surface area (Å²) in [6.07, 6.45) is 3.26. The summed E-state index contributed by atoms with van der Waals surface area (Å²) >= 11 is 0. The Kier molecular flexibility index (Phi) is 3.70. The molecule has 0 aliphatic carbocycles. The van der Waals surface area contributed by atoms with E-state index < -0.39 is 0 Å². The quantitative estimate of drug-likeness (QED) is 0.781. The van der Waals surface area contributed by atoms with Crippen LogP contribution in [0.2, 0.25) is 0 Å². The van der Waals surface area contributed by atoms with E-state index in [1.165, 1.54) is 12.8 Å². The molecular weight excluding hydrogens is 296 g/mol. The van der Waals surface area contributed by atoms with Crippen molar-refractivity contribution >= 4 is 6.29 Å². The summed E-state index contributed by atoms with van der Waals surface area (Å²) in [6.45, 7) is 4.12. The minimum absolute atomic E-state index is 0.228. The number of rotatable bonds is 5. The maximum Gasteiger partial charge on any atom is 0.231 e. The molecule has 7 heteroatoms. The van der Waals surface area contributed by atoms with Gasteiger partial charge in [0.1, 0.15) is 0 Å². The third kappa shape index (κ3) is 2.68. The fourth-order valence-electron chi connectivity index (χ4n) is 3.15. The van der Waals surface area contributed by atoms with E-state index in [0.29, 0.717) is 18.0 Å². The number of aldehydes is 1.